The summed E-state index contributed by atoms with van der Waals surface area (Å²) in [5.41, 5.74) is 4.31. The second kappa shape index (κ2) is 12.1. The molecule has 2 aromatic heterocycles. The zero-order valence-electron chi connectivity index (χ0n) is 21.7. The first-order valence-electron chi connectivity index (χ1n) is 12.3. The molecule has 3 N–H and O–H groups in total. The maximum Gasteiger partial charge on any atom is 0.162 e. The Morgan fingerprint density at radius 2 is 2.11 bits per heavy atom. The van der Waals surface area contributed by atoms with Crippen molar-refractivity contribution in [3.63, 3.8) is 0 Å². The number of likely N-dealkylation sites (N-methyl/N-ethyl adjacent to an activating group) is 1. The van der Waals surface area contributed by atoms with Gasteiger partial charge >= 0.3 is 0 Å². The Morgan fingerprint density at radius 3 is 2.83 bits per heavy atom. The fourth-order valence-corrected chi connectivity index (χ4v) is 5.12. The van der Waals surface area contributed by atoms with Crippen LogP contribution >= 0.6 is 11.9 Å². The molecule has 0 radical (unpaired) electrons. The first-order chi connectivity index (χ1) is 17.4. The maximum atomic E-state index is 10.0. The van der Waals surface area contributed by atoms with Crippen molar-refractivity contribution in [1.29, 1.82) is 0 Å². The standard InChI is InChI=1S/C26H36N6O3S/c1-16-24(23-17(2)31-35-18(23)3)29-26(30-25(16)28-20-9-7-11-32(14-20)36-5)19-8-6-10-22(12-19)34-15-21(33)13-27-4/h6,8,10,12,20-21,27,33H,7,9,11,13-15H2,1-5H3,(H,28,29,30). The summed E-state index contributed by atoms with van der Waals surface area (Å²) >= 11 is 1.78. The van der Waals surface area contributed by atoms with Crippen LogP contribution in [-0.4, -0.2) is 76.2 Å². The average Bonchev–Trinajstić information content (AvgIpc) is 3.22. The molecule has 3 aromatic rings. The number of aryl methyl sites for hydroxylation is 2. The van der Waals surface area contributed by atoms with Crippen molar-refractivity contribution in [3.8, 4) is 28.4 Å². The lowest BCUT2D eigenvalue weighted by molar-refractivity contribution is 0.108. The van der Waals surface area contributed by atoms with E-state index in [1.165, 1.54) is 0 Å². The van der Waals surface area contributed by atoms with Crippen molar-refractivity contribution < 1.29 is 14.4 Å². The molecule has 10 heteroatoms. The summed E-state index contributed by atoms with van der Waals surface area (Å²) < 4.78 is 13.7. The predicted molar refractivity (Wildman–Crippen MR) is 144 cm³/mol. The van der Waals surface area contributed by atoms with Gasteiger partial charge in [0.05, 0.1) is 17.0 Å². The topological polar surface area (TPSA) is 109 Å². The van der Waals surface area contributed by atoms with E-state index in [2.05, 4.69) is 26.4 Å². The average molecular weight is 513 g/mol. The van der Waals surface area contributed by atoms with Gasteiger partial charge in [-0.25, -0.2) is 14.3 Å². The van der Waals surface area contributed by atoms with Gasteiger partial charge < -0.3 is 25.0 Å². The molecule has 1 aliphatic heterocycles. The zero-order chi connectivity index (χ0) is 25.7. The fourth-order valence-electron chi connectivity index (χ4n) is 4.48. The smallest absolute Gasteiger partial charge is 0.162 e. The Morgan fingerprint density at radius 1 is 1.28 bits per heavy atom. The predicted octanol–water partition coefficient (Wildman–Crippen LogP) is 3.84. The van der Waals surface area contributed by atoms with Crippen molar-refractivity contribution in [2.75, 3.05) is 44.9 Å². The number of anilines is 1. The summed E-state index contributed by atoms with van der Waals surface area (Å²) in [4.78, 5) is 9.95. The monoisotopic (exact) mass is 512 g/mol. The van der Waals surface area contributed by atoms with E-state index in [1.54, 1.807) is 19.0 Å². The number of hydrogen-bond acceptors (Lipinski definition) is 10. The summed E-state index contributed by atoms with van der Waals surface area (Å²) in [5, 5.41) is 20.8. The van der Waals surface area contributed by atoms with Crippen molar-refractivity contribution in [1.82, 2.24) is 24.7 Å². The van der Waals surface area contributed by atoms with E-state index in [-0.39, 0.29) is 6.61 Å². The van der Waals surface area contributed by atoms with Gasteiger partial charge in [-0.15, -0.1) is 0 Å². The van der Waals surface area contributed by atoms with Crippen LogP contribution in [0.5, 0.6) is 5.75 Å². The molecule has 1 fully saturated rings. The molecule has 0 bridgehead atoms. The van der Waals surface area contributed by atoms with Gasteiger partial charge in [0.2, 0.25) is 0 Å². The summed E-state index contributed by atoms with van der Waals surface area (Å²) in [6.45, 7) is 8.61. The van der Waals surface area contributed by atoms with E-state index in [0.29, 0.717) is 24.2 Å². The van der Waals surface area contributed by atoms with E-state index in [1.807, 2.05) is 45.0 Å². The van der Waals surface area contributed by atoms with Gasteiger partial charge in [-0.1, -0.05) is 29.2 Å². The van der Waals surface area contributed by atoms with E-state index >= 15 is 0 Å². The van der Waals surface area contributed by atoms with Crippen LogP contribution in [0.15, 0.2) is 28.8 Å². The summed E-state index contributed by atoms with van der Waals surface area (Å²) in [6, 6.07) is 7.97. The Bertz CT molecular complexity index is 1150. The van der Waals surface area contributed by atoms with Crippen molar-refractivity contribution in [2.45, 2.75) is 45.8 Å². The number of aliphatic hydroxyl groups is 1. The molecule has 3 heterocycles. The van der Waals surface area contributed by atoms with Crippen LogP contribution in [0.25, 0.3) is 22.6 Å². The fraction of sp³-hybridized carbons (Fsp3) is 0.500. The largest absolute Gasteiger partial charge is 0.491 e. The maximum absolute atomic E-state index is 10.0. The van der Waals surface area contributed by atoms with Gasteiger partial charge in [0.15, 0.2) is 5.82 Å². The van der Waals surface area contributed by atoms with Gasteiger partial charge in [-0.3, -0.25) is 0 Å². The Labute approximate surface area is 217 Å². The third-order valence-electron chi connectivity index (χ3n) is 6.37. The summed E-state index contributed by atoms with van der Waals surface area (Å²) in [7, 11) is 1.80. The highest BCUT2D eigenvalue weighted by molar-refractivity contribution is 7.96. The number of piperidine rings is 1. The van der Waals surface area contributed by atoms with E-state index in [0.717, 1.165) is 65.6 Å². The van der Waals surface area contributed by atoms with Gasteiger partial charge in [-0.05, 0) is 59.0 Å². The SMILES string of the molecule is CNCC(O)COc1cccc(-c2nc(NC3CCCN(SC)C3)c(C)c(-c3c(C)noc3C)n2)c1. The lowest BCUT2D eigenvalue weighted by Crippen LogP contribution is -2.38. The van der Waals surface area contributed by atoms with Crippen LogP contribution in [0.3, 0.4) is 0 Å². The van der Waals surface area contributed by atoms with Crippen LogP contribution in [0.4, 0.5) is 5.82 Å². The van der Waals surface area contributed by atoms with Crippen molar-refractivity contribution >= 4 is 17.8 Å². The highest BCUT2D eigenvalue weighted by Crippen LogP contribution is 2.34. The first kappa shape index (κ1) is 26.4. The number of nitrogens with zero attached hydrogens (tertiary/aromatic N) is 4. The van der Waals surface area contributed by atoms with E-state index in [9.17, 15) is 5.11 Å². The summed E-state index contributed by atoms with van der Waals surface area (Å²) in [6.07, 6.45) is 3.77. The molecule has 36 heavy (non-hydrogen) atoms. The molecule has 0 aliphatic carbocycles. The highest BCUT2D eigenvalue weighted by Gasteiger charge is 2.24. The molecule has 2 atom stereocenters. The molecule has 1 aromatic carbocycles. The second-order valence-corrected chi connectivity index (χ2v) is 10.1. The lowest BCUT2D eigenvalue weighted by atomic mass is 10.0. The van der Waals surface area contributed by atoms with Crippen LogP contribution < -0.4 is 15.4 Å². The van der Waals surface area contributed by atoms with Gasteiger partial charge in [0.1, 0.15) is 30.0 Å². The molecule has 0 amide bonds. The first-order valence-corrected chi connectivity index (χ1v) is 13.5. The van der Waals surface area contributed by atoms with Gasteiger partial charge in [-0.2, -0.15) is 0 Å². The second-order valence-electron chi connectivity index (χ2n) is 9.17. The third-order valence-corrected chi connectivity index (χ3v) is 7.22. The van der Waals surface area contributed by atoms with E-state index < -0.39 is 6.10 Å². The normalized spacial score (nSPS) is 17.2. The molecule has 9 nitrogen and oxygen atoms in total. The molecular formula is C26H36N6O3S. The number of aliphatic hydroxyl groups excluding tert-OH is 1. The lowest BCUT2D eigenvalue weighted by Gasteiger charge is -2.32. The minimum atomic E-state index is -0.590. The number of hydrogen-bond donors (Lipinski definition) is 3. The molecule has 1 aliphatic rings. The van der Waals surface area contributed by atoms with Crippen LogP contribution in [0.1, 0.15) is 29.9 Å². The molecule has 1 saturated heterocycles. The molecule has 194 valence electrons. The van der Waals surface area contributed by atoms with Crippen molar-refractivity contribution in [3.05, 3.63) is 41.3 Å². The molecule has 2 unspecified atom stereocenters. The van der Waals surface area contributed by atoms with E-state index in [4.69, 9.17) is 19.2 Å². The zero-order valence-corrected chi connectivity index (χ0v) is 22.5. The molecular weight excluding hydrogens is 476 g/mol. The van der Waals surface area contributed by atoms with Crippen molar-refractivity contribution in [2.24, 2.45) is 0 Å². The number of aromatic nitrogens is 3. The Balaban J connectivity index is 1.70. The number of rotatable bonds is 10. The number of benzene rings is 1. The minimum Gasteiger partial charge on any atom is -0.491 e. The van der Waals surface area contributed by atoms with Gasteiger partial charge in [0.25, 0.3) is 0 Å². The van der Waals surface area contributed by atoms with Crippen LogP contribution in [0.2, 0.25) is 0 Å². The van der Waals surface area contributed by atoms with Crippen LogP contribution in [-0.2, 0) is 0 Å². The molecule has 4 rings (SSSR count). The number of ether oxygens (including phenoxy) is 1. The van der Waals surface area contributed by atoms with Gasteiger partial charge in [0, 0.05) is 36.8 Å². The third kappa shape index (κ3) is 6.18. The number of nitrogens with one attached hydrogen (secondary N) is 2. The summed E-state index contributed by atoms with van der Waals surface area (Å²) in [5.74, 6) is 2.80. The quantitative estimate of drug-likeness (QED) is 0.347. The highest BCUT2D eigenvalue weighted by atomic mass is 32.2. The Kier molecular flexibility index (Phi) is 8.84. The molecule has 0 spiro atoms. The molecule has 0 saturated carbocycles. The Hall–Kier alpha value is -2.66. The van der Waals surface area contributed by atoms with Crippen LogP contribution in [0, 0.1) is 20.8 Å². The minimum absolute atomic E-state index is 0.198.